The summed E-state index contributed by atoms with van der Waals surface area (Å²) in [6.45, 7) is 3.17. The van der Waals surface area contributed by atoms with Gasteiger partial charge in [0, 0.05) is 36.0 Å². The molecule has 2 fully saturated rings. The molecule has 0 aliphatic carbocycles. The number of benzene rings is 1. The molecule has 0 bridgehead atoms. The number of rotatable bonds is 4. The van der Waals surface area contributed by atoms with Gasteiger partial charge in [-0.05, 0) is 61.7 Å². The van der Waals surface area contributed by atoms with Crippen molar-refractivity contribution in [3.05, 3.63) is 47.2 Å². The number of carbonyl (C=O) groups excluding carboxylic acids is 3. The van der Waals surface area contributed by atoms with E-state index in [4.69, 9.17) is 14.9 Å². The second-order valence-electron chi connectivity index (χ2n) is 9.16. The van der Waals surface area contributed by atoms with Crippen LogP contribution in [0.5, 0.6) is 0 Å². The highest BCUT2D eigenvalue weighted by atomic mass is 16.3. The standard InChI is InChI=1S/C24H24N6O3.CH2O2/c31-21-6-5-20(23(32)27-21)30-13-15-9-14(3-4-17(15)24(30)33)19-10-16(12-29-7-1-2-8-29)18-11-25-28-22(18)26-19;2-1-3/h3-4,9-11,20H,1-2,5-8,12-13H2,(H,25,26,28)(H,27,31,32);1H,(H,2,3). The van der Waals surface area contributed by atoms with Crippen LogP contribution in [0.25, 0.3) is 22.3 Å². The molecule has 36 heavy (non-hydrogen) atoms. The molecule has 186 valence electrons. The van der Waals surface area contributed by atoms with E-state index in [2.05, 4.69) is 26.5 Å². The third-order valence-corrected chi connectivity index (χ3v) is 6.92. The molecule has 11 nitrogen and oxygen atoms in total. The summed E-state index contributed by atoms with van der Waals surface area (Å²) in [6.07, 6.45) is 4.89. The minimum absolute atomic E-state index is 0.169. The predicted octanol–water partition coefficient (Wildman–Crippen LogP) is 1.68. The van der Waals surface area contributed by atoms with Gasteiger partial charge in [0.15, 0.2) is 5.65 Å². The monoisotopic (exact) mass is 490 g/mol. The number of hydrogen-bond donors (Lipinski definition) is 3. The van der Waals surface area contributed by atoms with Crippen LogP contribution in [0.2, 0.25) is 0 Å². The summed E-state index contributed by atoms with van der Waals surface area (Å²) in [7, 11) is 0. The molecule has 5 heterocycles. The van der Waals surface area contributed by atoms with Crippen molar-refractivity contribution >= 4 is 35.2 Å². The van der Waals surface area contributed by atoms with Crippen molar-refractivity contribution in [3.8, 4) is 11.3 Å². The highest BCUT2D eigenvalue weighted by molar-refractivity contribution is 6.05. The van der Waals surface area contributed by atoms with Gasteiger partial charge in [0.1, 0.15) is 6.04 Å². The van der Waals surface area contributed by atoms with Crippen molar-refractivity contribution in [2.75, 3.05) is 13.1 Å². The van der Waals surface area contributed by atoms with Crippen molar-refractivity contribution in [2.24, 2.45) is 0 Å². The van der Waals surface area contributed by atoms with Gasteiger partial charge in [-0.25, -0.2) is 4.98 Å². The first-order chi connectivity index (χ1) is 17.5. The number of nitrogens with one attached hydrogen (secondary N) is 2. The lowest BCUT2D eigenvalue weighted by atomic mass is 10.0. The number of carbonyl (C=O) groups is 4. The van der Waals surface area contributed by atoms with Crippen molar-refractivity contribution in [1.29, 1.82) is 0 Å². The number of carboxylic acid groups (broad SMARTS) is 1. The van der Waals surface area contributed by atoms with Crippen LogP contribution in [-0.4, -0.2) is 73.4 Å². The Morgan fingerprint density at radius 3 is 2.67 bits per heavy atom. The predicted molar refractivity (Wildman–Crippen MR) is 129 cm³/mol. The summed E-state index contributed by atoms with van der Waals surface area (Å²) in [5.74, 6) is -0.851. The number of pyridine rings is 1. The molecule has 1 aromatic carbocycles. The van der Waals surface area contributed by atoms with Crippen molar-refractivity contribution in [1.82, 2.24) is 30.3 Å². The average Bonchev–Trinajstić information content (AvgIpc) is 3.60. The topological polar surface area (TPSA) is 149 Å². The van der Waals surface area contributed by atoms with Crippen molar-refractivity contribution < 1.29 is 24.3 Å². The Kier molecular flexibility index (Phi) is 6.47. The lowest BCUT2D eigenvalue weighted by Gasteiger charge is -2.29. The van der Waals surface area contributed by atoms with E-state index in [9.17, 15) is 14.4 Å². The lowest BCUT2D eigenvalue weighted by Crippen LogP contribution is -2.52. The summed E-state index contributed by atoms with van der Waals surface area (Å²) in [5.41, 5.74) is 5.16. The number of imide groups is 1. The summed E-state index contributed by atoms with van der Waals surface area (Å²) in [6, 6.07) is 7.22. The second-order valence-corrected chi connectivity index (χ2v) is 9.16. The van der Waals surface area contributed by atoms with Crippen LogP contribution >= 0.6 is 0 Å². The van der Waals surface area contributed by atoms with E-state index >= 15 is 0 Å². The molecular formula is C25H26N6O5. The van der Waals surface area contributed by atoms with Crippen LogP contribution in [-0.2, 0) is 27.5 Å². The molecular weight excluding hydrogens is 464 g/mol. The largest absolute Gasteiger partial charge is 0.483 e. The summed E-state index contributed by atoms with van der Waals surface area (Å²) in [4.78, 5) is 53.9. The molecule has 1 atom stereocenters. The molecule has 0 saturated carbocycles. The first kappa shape index (κ1) is 23.6. The van der Waals surface area contributed by atoms with E-state index in [1.165, 1.54) is 18.4 Å². The Morgan fingerprint density at radius 1 is 1.14 bits per heavy atom. The maximum absolute atomic E-state index is 13.0. The van der Waals surface area contributed by atoms with Gasteiger partial charge in [0.05, 0.1) is 11.9 Å². The quantitative estimate of drug-likeness (QED) is 0.370. The number of H-pyrrole nitrogens is 1. The van der Waals surface area contributed by atoms with Gasteiger partial charge in [0.25, 0.3) is 12.4 Å². The Bertz CT molecular complexity index is 1350. The van der Waals surface area contributed by atoms with Gasteiger partial charge in [-0.1, -0.05) is 6.07 Å². The van der Waals surface area contributed by atoms with Gasteiger partial charge in [-0.3, -0.25) is 34.5 Å². The molecule has 2 aromatic heterocycles. The third kappa shape index (κ3) is 4.44. The number of nitrogens with zero attached hydrogens (tertiary/aromatic N) is 4. The minimum Gasteiger partial charge on any atom is -0.483 e. The molecule has 0 radical (unpaired) electrons. The lowest BCUT2D eigenvalue weighted by molar-refractivity contribution is -0.137. The Labute approximate surface area is 206 Å². The highest BCUT2D eigenvalue weighted by Crippen LogP contribution is 2.32. The molecule has 0 spiro atoms. The molecule has 6 rings (SSSR count). The summed E-state index contributed by atoms with van der Waals surface area (Å²) >= 11 is 0. The van der Waals surface area contributed by atoms with E-state index in [1.807, 2.05) is 24.4 Å². The van der Waals surface area contributed by atoms with E-state index in [1.54, 1.807) is 4.90 Å². The number of piperidine rings is 1. The van der Waals surface area contributed by atoms with Gasteiger partial charge in [-0.15, -0.1) is 0 Å². The number of aromatic amines is 1. The molecule has 2 saturated heterocycles. The maximum atomic E-state index is 13.0. The fourth-order valence-electron chi connectivity index (χ4n) is 5.19. The van der Waals surface area contributed by atoms with Crippen molar-refractivity contribution in [3.63, 3.8) is 0 Å². The van der Waals surface area contributed by atoms with Crippen LogP contribution in [0.15, 0.2) is 30.5 Å². The van der Waals surface area contributed by atoms with E-state index in [-0.39, 0.29) is 24.7 Å². The Morgan fingerprint density at radius 2 is 1.92 bits per heavy atom. The normalized spacial score (nSPS) is 19.7. The fraction of sp³-hybridized carbons (Fsp3) is 0.360. The van der Waals surface area contributed by atoms with Gasteiger partial charge in [0.2, 0.25) is 11.8 Å². The van der Waals surface area contributed by atoms with Crippen LogP contribution in [0.3, 0.4) is 0 Å². The second kappa shape index (κ2) is 9.86. The third-order valence-electron chi connectivity index (χ3n) is 6.92. The first-order valence-corrected chi connectivity index (χ1v) is 11.9. The van der Waals surface area contributed by atoms with Gasteiger partial charge >= 0.3 is 0 Å². The number of hydrogen-bond acceptors (Lipinski definition) is 7. The van der Waals surface area contributed by atoms with Crippen LogP contribution < -0.4 is 5.32 Å². The molecule has 3 aliphatic rings. The Hall–Kier alpha value is -4.12. The van der Waals surface area contributed by atoms with Gasteiger partial charge < -0.3 is 10.0 Å². The molecule has 3 aliphatic heterocycles. The summed E-state index contributed by atoms with van der Waals surface area (Å²) in [5, 5.41) is 17.5. The summed E-state index contributed by atoms with van der Waals surface area (Å²) < 4.78 is 0. The highest BCUT2D eigenvalue weighted by Gasteiger charge is 2.39. The molecule has 3 N–H and O–H groups in total. The molecule has 1 unspecified atom stereocenters. The zero-order chi connectivity index (χ0) is 25.2. The number of aromatic nitrogens is 3. The smallest absolute Gasteiger partial charge is 0.290 e. The van der Waals surface area contributed by atoms with Crippen LogP contribution in [0.1, 0.15) is 47.2 Å². The van der Waals surface area contributed by atoms with Gasteiger partial charge in [-0.2, -0.15) is 5.10 Å². The van der Waals surface area contributed by atoms with Crippen LogP contribution in [0.4, 0.5) is 0 Å². The maximum Gasteiger partial charge on any atom is 0.290 e. The Balaban J connectivity index is 0.000000848. The zero-order valence-corrected chi connectivity index (χ0v) is 19.6. The van der Waals surface area contributed by atoms with E-state index in [0.717, 1.165) is 47.5 Å². The fourth-order valence-corrected chi connectivity index (χ4v) is 5.19. The van der Waals surface area contributed by atoms with Crippen molar-refractivity contribution in [2.45, 2.75) is 44.8 Å². The first-order valence-electron chi connectivity index (χ1n) is 11.9. The SMILES string of the molecule is O=C1CCC(N2Cc3cc(-c4cc(CN5CCCC5)c5cn[nH]c5n4)ccc3C2=O)C(=O)N1.O=CO. The minimum atomic E-state index is -0.613. The zero-order valence-electron chi connectivity index (χ0n) is 19.6. The van der Waals surface area contributed by atoms with E-state index in [0.29, 0.717) is 18.5 Å². The van der Waals surface area contributed by atoms with Crippen LogP contribution in [0, 0.1) is 0 Å². The molecule has 11 heteroatoms. The van der Waals surface area contributed by atoms with E-state index < -0.39 is 11.9 Å². The average molecular weight is 491 g/mol. The number of amides is 3. The number of fused-ring (bicyclic) bond motifs is 2. The molecule has 3 amide bonds. The number of likely N-dealkylation sites (tertiary alicyclic amines) is 1. The molecule has 3 aromatic rings.